The molecule has 0 bridgehead atoms. The van der Waals surface area contributed by atoms with Crippen molar-refractivity contribution in [3.63, 3.8) is 0 Å². The molecule has 0 aliphatic heterocycles. The maximum absolute atomic E-state index is 12.5. The first kappa shape index (κ1) is 20.6. The van der Waals surface area contributed by atoms with Crippen LogP contribution in [0.5, 0.6) is 5.75 Å². The van der Waals surface area contributed by atoms with E-state index in [0.717, 1.165) is 24.3 Å². The fourth-order valence-corrected chi connectivity index (χ4v) is 4.21. The Morgan fingerprint density at radius 2 is 1.93 bits per heavy atom. The summed E-state index contributed by atoms with van der Waals surface area (Å²) in [5, 5.41) is 6.18. The highest BCUT2D eigenvalue weighted by molar-refractivity contribution is 7.09. The Morgan fingerprint density at radius 3 is 2.61 bits per heavy atom. The standard InChI is InChI=1S/C20H23ClN2O4S/c1-26-19(25)20(9-3-2-4-10-20)23-17(24)11-15-13-28-18(22-15)12-27-16-7-5-14(21)6-8-16/h5-8,13H,2-4,9-12H2,1H3,(H,23,24). The van der Waals surface area contributed by atoms with Crippen LogP contribution in [-0.2, 0) is 27.4 Å². The molecule has 0 saturated heterocycles. The van der Waals surface area contributed by atoms with Gasteiger partial charge in [0.15, 0.2) is 0 Å². The van der Waals surface area contributed by atoms with Gasteiger partial charge in [-0.25, -0.2) is 9.78 Å². The Hall–Kier alpha value is -2.12. The molecule has 8 heteroatoms. The lowest BCUT2D eigenvalue weighted by Crippen LogP contribution is -2.56. The number of ether oxygens (including phenoxy) is 2. The van der Waals surface area contributed by atoms with E-state index in [1.807, 2.05) is 5.38 Å². The molecule has 0 atom stereocenters. The Balaban J connectivity index is 1.55. The van der Waals surface area contributed by atoms with Gasteiger partial charge in [-0.1, -0.05) is 30.9 Å². The van der Waals surface area contributed by atoms with Gasteiger partial charge in [0.2, 0.25) is 5.91 Å². The van der Waals surface area contributed by atoms with Crippen LogP contribution in [-0.4, -0.2) is 29.5 Å². The number of nitrogens with zero attached hydrogens (tertiary/aromatic N) is 1. The topological polar surface area (TPSA) is 77.5 Å². The lowest BCUT2D eigenvalue weighted by molar-refractivity contribution is -0.152. The molecular weight excluding hydrogens is 400 g/mol. The summed E-state index contributed by atoms with van der Waals surface area (Å²) in [6.07, 6.45) is 4.22. The van der Waals surface area contributed by atoms with E-state index in [4.69, 9.17) is 21.1 Å². The molecule has 1 amide bonds. The van der Waals surface area contributed by atoms with Gasteiger partial charge >= 0.3 is 5.97 Å². The third kappa shape index (κ3) is 5.23. The minimum Gasteiger partial charge on any atom is -0.486 e. The van der Waals surface area contributed by atoms with E-state index in [2.05, 4.69) is 10.3 Å². The van der Waals surface area contributed by atoms with Crippen LogP contribution in [0.1, 0.15) is 42.8 Å². The summed E-state index contributed by atoms with van der Waals surface area (Å²) >= 11 is 7.29. The van der Waals surface area contributed by atoms with Crippen molar-refractivity contribution in [2.45, 2.75) is 50.7 Å². The van der Waals surface area contributed by atoms with Crippen LogP contribution < -0.4 is 10.1 Å². The van der Waals surface area contributed by atoms with E-state index >= 15 is 0 Å². The number of rotatable bonds is 7. The van der Waals surface area contributed by atoms with Crippen molar-refractivity contribution in [1.29, 1.82) is 0 Å². The fraction of sp³-hybridized carbons (Fsp3) is 0.450. The summed E-state index contributed by atoms with van der Waals surface area (Å²) in [4.78, 5) is 29.2. The summed E-state index contributed by atoms with van der Waals surface area (Å²) in [5.41, 5.74) is -0.242. The van der Waals surface area contributed by atoms with Crippen LogP contribution >= 0.6 is 22.9 Å². The Bertz CT molecular complexity index is 816. The average molecular weight is 423 g/mol. The molecule has 1 N–H and O–H groups in total. The highest BCUT2D eigenvalue weighted by Crippen LogP contribution is 2.29. The van der Waals surface area contributed by atoms with Crippen molar-refractivity contribution in [3.8, 4) is 5.75 Å². The zero-order valence-corrected chi connectivity index (χ0v) is 17.3. The number of hydrogen-bond donors (Lipinski definition) is 1. The van der Waals surface area contributed by atoms with E-state index in [1.165, 1.54) is 18.4 Å². The van der Waals surface area contributed by atoms with E-state index in [1.54, 1.807) is 24.3 Å². The van der Waals surface area contributed by atoms with Crippen molar-refractivity contribution in [3.05, 3.63) is 45.4 Å². The third-order valence-electron chi connectivity index (χ3n) is 4.78. The van der Waals surface area contributed by atoms with Gasteiger partial charge in [0.1, 0.15) is 22.9 Å². The molecule has 1 aromatic carbocycles. The van der Waals surface area contributed by atoms with Crippen LogP contribution in [0.4, 0.5) is 0 Å². The van der Waals surface area contributed by atoms with Gasteiger partial charge in [-0.2, -0.15) is 0 Å². The molecular formula is C20H23ClN2O4S. The molecule has 150 valence electrons. The Morgan fingerprint density at radius 1 is 1.21 bits per heavy atom. The molecule has 1 saturated carbocycles. The van der Waals surface area contributed by atoms with Crippen LogP contribution in [0, 0.1) is 0 Å². The van der Waals surface area contributed by atoms with Gasteiger partial charge in [0.05, 0.1) is 19.2 Å². The second kappa shape index (κ2) is 9.39. The third-order valence-corrected chi connectivity index (χ3v) is 5.90. The Kier molecular flexibility index (Phi) is 6.91. The van der Waals surface area contributed by atoms with Crippen molar-refractivity contribution in [1.82, 2.24) is 10.3 Å². The van der Waals surface area contributed by atoms with E-state index in [-0.39, 0.29) is 18.3 Å². The lowest BCUT2D eigenvalue weighted by atomic mass is 9.81. The first-order chi connectivity index (χ1) is 13.5. The van der Waals surface area contributed by atoms with Crippen molar-refractivity contribution in [2.75, 3.05) is 7.11 Å². The summed E-state index contributed by atoms with van der Waals surface area (Å²) in [6.45, 7) is 0.319. The van der Waals surface area contributed by atoms with Crippen LogP contribution in [0.25, 0.3) is 0 Å². The normalized spacial score (nSPS) is 15.6. The molecule has 28 heavy (non-hydrogen) atoms. The Labute approximate surface area is 173 Å². The molecule has 1 aromatic heterocycles. The maximum atomic E-state index is 12.5. The van der Waals surface area contributed by atoms with Gasteiger partial charge in [0, 0.05) is 10.4 Å². The first-order valence-electron chi connectivity index (χ1n) is 9.22. The monoisotopic (exact) mass is 422 g/mol. The van der Waals surface area contributed by atoms with E-state index < -0.39 is 5.54 Å². The van der Waals surface area contributed by atoms with Gasteiger partial charge < -0.3 is 14.8 Å². The van der Waals surface area contributed by atoms with Crippen LogP contribution in [0.3, 0.4) is 0 Å². The zero-order valence-electron chi connectivity index (χ0n) is 15.7. The molecule has 6 nitrogen and oxygen atoms in total. The van der Waals surface area contributed by atoms with E-state index in [9.17, 15) is 9.59 Å². The molecule has 2 aromatic rings. The number of aromatic nitrogens is 1. The number of nitrogens with one attached hydrogen (secondary N) is 1. The molecule has 1 aliphatic carbocycles. The number of esters is 1. The van der Waals surface area contributed by atoms with Gasteiger partial charge in [-0.05, 0) is 37.1 Å². The predicted molar refractivity (Wildman–Crippen MR) is 108 cm³/mol. The number of halogens is 1. The lowest BCUT2D eigenvalue weighted by Gasteiger charge is -2.35. The minimum atomic E-state index is -0.902. The number of thiazole rings is 1. The summed E-state index contributed by atoms with van der Waals surface area (Å²) in [7, 11) is 1.36. The van der Waals surface area contributed by atoms with Gasteiger partial charge in [-0.3, -0.25) is 4.79 Å². The average Bonchev–Trinajstić information content (AvgIpc) is 3.14. The SMILES string of the molecule is COC(=O)C1(NC(=O)Cc2csc(COc3ccc(Cl)cc3)n2)CCCCC1. The maximum Gasteiger partial charge on any atom is 0.331 e. The summed E-state index contributed by atoms with van der Waals surface area (Å²) in [5.74, 6) is 0.120. The smallest absolute Gasteiger partial charge is 0.331 e. The second-order valence-corrected chi connectivity index (χ2v) is 8.21. The quantitative estimate of drug-likeness (QED) is 0.684. The van der Waals surface area contributed by atoms with Gasteiger partial charge in [0.25, 0.3) is 0 Å². The zero-order chi connectivity index (χ0) is 20.0. The molecule has 3 rings (SSSR count). The predicted octanol–water partition coefficient (Wildman–Crippen LogP) is 3.91. The molecule has 0 unspecified atom stereocenters. The molecule has 1 aliphatic rings. The summed E-state index contributed by atoms with van der Waals surface area (Å²) in [6, 6.07) is 7.11. The number of hydrogen-bond acceptors (Lipinski definition) is 6. The van der Waals surface area contributed by atoms with E-state index in [0.29, 0.717) is 35.9 Å². The summed E-state index contributed by atoms with van der Waals surface area (Å²) < 4.78 is 10.6. The van der Waals surface area contributed by atoms with Crippen molar-refractivity contribution in [2.24, 2.45) is 0 Å². The molecule has 1 heterocycles. The van der Waals surface area contributed by atoms with Crippen molar-refractivity contribution < 1.29 is 19.1 Å². The largest absolute Gasteiger partial charge is 0.486 e. The molecule has 1 fully saturated rings. The number of carbonyl (C=O) groups is 2. The number of amides is 1. The molecule has 0 spiro atoms. The number of methoxy groups -OCH3 is 1. The number of benzene rings is 1. The first-order valence-corrected chi connectivity index (χ1v) is 10.5. The minimum absolute atomic E-state index is 0.121. The fourth-order valence-electron chi connectivity index (χ4n) is 3.38. The van der Waals surface area contributed by atoms with Crippen LogP contribution in [0.2, 0.25) is 5.02 Å². The molecule has 0 radical (unpaired) electrons. The highest BCUT2D eigenvalue weighted by Gasteiger charge is 2.41. The van der Waals surface area contributed by atoms with Crippen LogP contribution in [0.15, 0.2) is 29.6 Å². The highest BCUT2D eigenvalue weighted by atomic mass is 35.5. The number of carbonyl (C=O) groups excluding carboxylic acids is 2. The second-order valence-electron chi connectivity index (χ2n) is 6.83. The van der Waals surface area contributed by atoms with Crippen molar-refractivity contribution >= 4 is 34.8 Å². The van der Waals surface area contributed by atoms with Gasteiger partial charge in [-0.15, -0.1) is 11.3 Å².